The summed E-state index contributed by atoms with van der Waals surface area (Å²) >= 11 is 0. The second-order valence-corrected chi connectivity index (χ2v) is 4.71. The van der Waals surface area contributed by atoms with Gasteiger partial charge < -0.3 is 14.3 Å². The lowest BCUT2D eigenvalue weighted by molar-refractivity contribution is -0.401. The van der Waals surface area contributed by atoms with Gasteiger partial charge in [0.05, 0.1) is 12.1 Å². The Morgan fingerprint density at radius 3 is 3.05 bits per heavy atom. The van der Waals surface area contributed by atoms with Gasteiger partial charge in [-0.3, -0.25) is 10.1 Å². The first kappa shape index (κ1) is 12.8. The minimum absolute atomic E-state index is 0.0694. The molecule has 0 saturated carbocycles. The summed E-state index contributed by atoms with van der Waals surface area (Å²) in [5, 5.41) is 17.9. The molecule has 0 spiro atoms. The van der Waals surface area contributed by atoms with Crippen molar-refractivity contribution in [2.45, 2.75) is 31.7 Å². The summed E-state index contributed by atoms with van der Waals surface area (Å²) in [7, 11) is 0. The average molecular weight is 278 g/mol. The number of hydrogen-bond acceptors (Lipinski definition) is 7. The van der Waals surface area contributed by atoms with Crippen molar-refractivity contribution in [2.75, 3.05) is 6.54 Å². The fourth-order valence-electron chi connectivity index (χ4n) is 2.27. The van der Waals surface area contributed by atoms with Crippen LogP contribution >= 0.6 is 0 Å². The van der Waals surface area contributed by atoms with Crippen molar-refractivity contribution in [1.29, 1.82) is 0 Å². The summed E-state index contributed by atoms with van der Waals surface area (Å²) in [6.07, 6.45) is 4.41. The van der Waals surface area contributed by atoms with Gasteiger partial charge in [0.15, 0.2) is 11.6 Å². The summed E-state index contributed by atoms with van der Waals surface area (Å²) in [6, 6.07) is 2.79. The molecular weight excluding hydrogens is 264 g/mol. The van der Waals surface area contributed by atoms with Crippen molar-refractivity contribution in [3.05, 3.63) is 28.1 Å². The quantitative estimate of drug-likeness (QED) is 0.678. The molecule has 0 aliphatic carbocycles. The third-order valence-corrected chi connectivity index (χ3v) is 3.30. The fraction of sp³-hybridized carbons (Fsp3) is 0.500. The Balaban J connectivity index is 1.79. The van der Waals surface area contributed by atoms with Crippen molar-refractivity contribution >= 4 is 5.88 Å². The summed E-state index contributed by atoms with van der Waals surface area (Å²) in [5.41, 5.74) is 0. The van der Waals surface area contributed by atoms with E-state index in [-0.39, 0.29) is 23.6 Å². The Bertz CT molecular complexity index is 598. The van der Waals surface area contributed by atoms with Crippen molar-refractivity contribution in [2.24, 2.45) is 0 Å². The smallest absolute Gasteiger partial charge is 0.395 e. The van der Waals surface area contributed by atoms with E-state index in [2.05, 4.69) is 15.5 Å². The van der Waals surface area contributed by atoms with Crippen molar-refractivity contribution < 1.29 is 13.9 Å². The molecule has 1 aliphatic rings. The Kier molecular flexibility index (Phi) is 3.46. The molecule has 8 nitrogen and oxygen atoms in total. The van der Waals surface area contributed by atoms with E-state index in [0.717, 1.165) is 25.8 Å². The van der Waals surface area contributed by atoms with E-state index >= 15 is 0 Å². The molecule has 2 aromatic rings. The Morgan fingerprint density at radius 1 is 1.35 bits per heavy atom. The number of nitrogens with one attached hydrogen (secondary N) is 1. The molecule has 20 heavy (non-hydrogen) atoms. The highest BCUT2D eigenvalue weighted by Gasteiger charge is 2.22. The lowest BCUT2D eigenvalue weighted by Crippen LogP contribution is -2.21. The van der Waals surface area contributed by atoms with Crippen LogP contribution in [0.3, 0.4) is 0 Å². The average Bonchev–Trinajstić information content (AvgIpc) is 3.02. The van der Waals surface area contributed by atoms with Crippen LogP contribution < -0.4 is 5.32 Å². The van der Waals surface area contributed by atoms with Gasteiger partial charge in [0.1, 0.15) is 4.92 Å². The molecule has 1 saturated heterocycles. The van der Waals surface area contributed by atoms with Crippen molar-refractivity contribution in [1.82, 2.24) is 15.5 Å². The van der Waals surface area contributed by atoms with Crippen LogP contribution in [0.1, 0.15) is 37.5 Å². The maximum atomic E-state index is 10.6. The summed E-state index contributed by atoms with van der Waals surface area (Å²) < 4.78 is 10.2. The molecule has 2 aromatic heterocycles. The number of nitro groups is 1. The normalized spacial score (nSPS) is 19.7. The highest BCUT2D eigenvalue weighted by molar-refractivity contribution is 5.46. The SMILES string of the molecule is O=[N+]([O-])c1ccc(-c2nc(C3CCCCCN3)no2)o1. The molecular formula is C12H14N4O4. The first-order valence-electron chi connectivity index (χ1n) is 6.55. The highest BCUT2D eigenvalue weighted by atomic mass is 16.6. The third-order valence-electron chi connectivity index (χ3n) is 3.30. The molecule has 8 heteroatoms. The number of hydrogen-bond donors (Lipinski definition) is 1. The van der Waals surface area contributed by atoms with Gasteiger partial charge in [-0.1, -0.05) is 18.0 Å². The second kappa shape index (κ2) is 5.41. The van der Waals surface area contributed by atoms with Gasteiger partial charge in [-0.05, 0) is 25.5 Å². The summed E-state index contributed by atoms with van der Waals surface area (Å²) in [5.74, 6) is 0.608. The fourth-order valence-corrected chi connectivity index (χ4v) is 2.27. The number of aromatic nitrogens is 2. The largest absolute Gasteiger partial charge is 0.433 e. The Hall–Kier alpha value is -2.22. The predicted octanol–water partition coefficient (Wildman–Crippen LogP) is 2.44. The highest BCUT2D eigenvalue weighted by Crippen LogP contribution is 2.27. The zero-order valence-corrected chi connectivity index (χ0v) is 10.7. The van der Waals surface area contributed by atoms with Crippen LogP contribution in [0.2, 0.25) is 0 Å². The monoisotopic (exact) mass is 278 g/mol. The van der Waals surface area contributed by atoms with E-state index in [0.29, 0.717) is 5.82 Å². The maximum absolute atomic E-state index is 10.6. The van der Waals surface area contributed by atoms with E-state index in [4.69, 9.17) is 8.94 Å². The van der Waals surface area contributed by atoms with Crippen molar-refractivity contribution in [3.8, 4) is 11.7 Å². The number of rotatable bonds is 3. The molecule has 0 radical (unpaired) electrons. The minimum atomic E-state index is -0.604. The van der Waals surface area contributed by atoms with Gasteiger partial charge in [-0.2, -0.15) is 4.98 Å². The molecule has 0 amide bonds. The van der Waals surface area contributed by atoms with Crippen LogP contribution in [0.25, 0.3) is 11.7 Å². The molecule has 1 unspecified atom stereocenters. The van der Waals surface area contributed by atoms with E-state index in [1.807, 2.05) is 0 Å². The van der Waals surface area contributed by atoms with Gasteiger partial charge in [0.25, 0.3) is 5.89 Å². The van der Waals surface area contributed by atoms with E-state index in [1.54, 1.807) is 0 Å². The van der Waals surface area contributed by atoms with Crippen LogP contribution in [0, 0.1) is 10.1 Å². The Morgan fingerprint density at radius 2 is 2.25 bits per heavy atom. The topological polar surface area (TPSA) is 107 Å². The van der Waals surface area contributed by atoms with Gasteiger partial charge in [-0.25, -0.2) is 0 Å². The zero-order valence-electron chi connectivity index (χ0n) is 10.7. The van der Waals surface area contributed by atoms with Gasteiger partial charge >= 0.3 is 5.88 Å². The van der Waals surface area contributed by atoms with E-state index in [9.17, 15) is 10.1 Å². The molecule has 1 N–H and O–H groups in total. The summed E-state index contributed by atoms with van der Waals surface area (Å²) in [4.78, 5) is 14.2. The van der Waals surface area contributed by atoms with Gasteiger partial charge in [0, 0.05) is 0 Å². The summed E-state index contributed by atoms with van der Waals surface area (Å²) in [6.45, 7) is 0.931. The molecule has 1 aliphatic heterocycles. The number of nitrogens with zero attached hydrogens (tertiary/aromatic N) is 3. The molecule has 1 fully saturated rings. The van der Waals surface area contributed by atoms with Crippen LogP contribution in [0.5, 0.6) is 0 Å². The maximum Gasteiger partial charge on any atom is 0.433 e. The second-order valence-electron chi connectivity index (χ2n) is 4.71. The lowest BCUT2D eigenvalue weighted by atomic mass is 10.1. The van der Waals surface area contributed by atoms with Crippen LogP contribution in [0.4, 0.5) is 5.88 Å². The third kappa shape index (κ3) is 2.55. The van der Waals surface area contributed by atoms with E-state index < -0.39 is 4.92 Å². The molecule has 0 bridgehead atoms. The molecule has 1 atom stereocenters. The first-order chi connectivity index (χ1) is 9.74. The van der Waals surface area contributed by atoms with Gasteiger partial charge in [-0.15, -0.1) is 0 Å². The lowest BCUT2D eigenvalue weighted by Gasteiger charge is -2.09. The van der Waals surface area contributed by atoms with E-state index in [1.165, 1.54) is 18.6 Å². The molecule has 106 valence electrons. The molecule has 3 rings (SSSR count). The van der Waals surface area contributed by atoms with Crippen LogP contribution in [0.15, 0.2) is 21.1 Å². The molecule has 0 aromatic carbocycles. The van der Waals surface area contributed by atoms with Crippen LogP contribution in [-0.4, -0.2) is 21.6 Å². The standard InChI is InChI=1S/C12H14N4O4/c17-16(18)10-6-5-9(19-10)12-14-11(15-20-12)8-4-2-1-3-7-13-8/h5-6,8,13H,1-4,7H2. The number of furan rings is 1. The Labute approximate surface area is 114 Å². The van der Waals surface area contributed by atoms with Crippen molar-refractivity contribution in [3.63, 3.8) is 0 Å². The first-order valence-corrected chi connectivity index (χ1v) is 6.55. The zero-order chi connectivity index (χ0) is 13.9. The van der Waals surface area contributed by atoms with Gasteiger partial charge in [0.2, 0.25) is 0 Å². The van der Waals surface area contributed by atoms with Crippen LogP contribution in [-0.2, 0) is 0 Å². The predicted molar refractivity (Wildman–Crippen MR) is 67.9 cm³/mol. The molecule has 3 heterocycles. The minimum Gasteiger partial charge on any atom is -0.395 e.